The van der Waals surface area contributed by atoms with E-state index in [0.29, 0.717) is 6.04 Å². The fourth-order valence-electron chi connectivity index (χ4n) is 3.06. The standard InChI is InChI=1S/C17H27NO2/c1-3-16(18-14-9-5-4-6-10-14)17(19)13-8-7-11-15(12-13)20-2/h7-8,11-12,14,16-19H,3-6,9-10H2,1-2H3. The van der Waals surface area contributed by atoms with Gasteiger partial charge in [0.05, 0.1) is 13.2 Å². The van der Waals surface area contributed by atoms with Gasteiger partial charge in [0.1, 0.15) is 5.75 Å². The Bertz CT molecular complexity index is 402. The molecule has 112 valence electrons. The molecule has 0 heterocycles. The Kier molecular flexibility index (Phi) is 5.86. The summed E-state index contributed by atoms with van der Waals surface area (Å²) in [5.41, 5.74) is 0.930. The summed E-state index contributed by atoms with van der Waals surface area (Å²) in [6, 6.07) is 8.42. The summed E-state index contributed by atoms with van der Waals surface area (Å²) in [4.78, 5) is 0. The molecule has 0 radical (unpaired) electrons. The van der Waals surface area contributed by atoms with Crippen molar-refractivity contribution in [1.82, 2.24) is 5.32 Å². The summed E-state index contributed by atoms with van der Waals surface area (Å²) < 4.78 is 5.24. The van der Waals surface area contributed by atoms with Gasteiger partial charge in [0.25, 0.3) is 0 Å². The summed E-state index contributed by atoms with van der Waals surface area (Å²) in [5.74, 6) is 0.800. The third kappa shape index (κ3) is 3.97. The molecule has 20 heavy (non-hydrogen) atoms. The van der Waals surface area contributed by atoms with Gasteiger partial charge in [-0.05, 0) is 37.0 Å². The molecule has 1 aliphatic rings. The molecule has 0 spiro atoms. The maximum Gasteiger partial charge on any atom is 0.119 e. The summed E-state index contributed by atoms with van der Waals surface area (Å²) in [7, 11) is 1.66. The van der Waals surface area contributed by atoms with Gasteiger partial charge in [0.2, 0.25) is 0 Å². The summed E-state index contributed by atoms with van der Waals surface area (Å²) in [5, 5.41) is 14.3. The Hall–Kier alpha value is -1.06. The lowest BCUT2D eigenvalue weighted by Crippen LogP contribution is -2.42. The molecule has 0 aliphatic heterocycles. The first-order valence-electron chi connectivity index (χ1n) is 7.82. The molecule has 0 saturated heterocycles. The van der Waals surface area contributed by atoms with E-state index in [2.05, 4.69) is 12.2 Å². The van der Waals surface area contributed by atoms with Gasteiger partial charge in [-0.15, -0.1) is 0 Å². The number of methoxy groups -OCH3 is 1. The van der Waals surface area contributed by atoms with Crippen LogP contribution < -0.4 is 10.1 Å². The SMILES string of the molecule is CCC(NC1CCCCC1)C(O)c1cccc(OC)c1. The number of rotatable bonds is 6. The largest absolute Gasteiger partial charge is 0.497 e. The van der Waals surface area contributed by atoms with Gasteiger partial charge < -0.3 is 15.2 Å². The highest BCUT2D eigenvalue weighted by Gasteiger charge is 2.23. The second-order valence-corrected chi connectivity index (χ2v) is 5.74. The van der Waals surface area contributed by atoms with Gasteiger partial charge in [-0.2, -0.15) is 0 Å². The molecule has 0 aromatic heterocycles. The number of aliphatic hydroxyl groups excluding tert-OH is 1. The minimum atomic E-state index is -0.475. The van der Waals surface area contributed by atoms with E-state index >= 15 is 0 Å². The lowest BCUT2D eigenvalue weighted by Gasteiger charge is -2.31. The van der Waals surface area contributed by atoms with Crippen LogP contribution in [-0.2, 0) is 0 Å². The number of ether oxygens (including phenoxy) is 1. The van der Waals surface area contributed by atoms with Crippen molar-refractivity contribution in [2.75, 3.05) is 7.11 Å². The van der Waals surface area contributed by atoms with Crippen molar-refractivity contribution in [3.8, 4) is 5.75 Å². The van der Waals surface area contributed by atoms with Crippen LogP contribution in [-0.4, -0.2) is 24.3 Å². The number of benzene rings is 1. The van der Waals surface area contributed by atoms with Gasteiger partial charge in [-0.3, -0.25) is 0 Å². The molecular formula is C17H27NO2. The molecule has 2 unspecified atom stereocenters. The molecule has 2 rings (SSSR count). The molecule has 3 nitrogen and oxygen atoms in total. The van der Waals surface area contributed by atoms with Crippen molar-refractivity contribution >= 4 is 0 Å². The van der Waals surface area contributed by atoms with Gasteiger partial charge in [0, 0.05) is 12.1 Å². The van der Waals surface area contributed by atoms with Crippen LogP contribution in [0.25, 0.3) is 0 Å². The minimum Gasteiger partial charge on any atom is -0.497 e. The minimum absolute atomic E-state index is 0.116. The monoisotopic (exact) mass is 277 g/mol. The second kappa shape index (κ2) is 7.65. The Morgan fingerprint density at radius 3 is 2.70 bits per heavy atom. The van der Waals surface area contributed by atoms with E-state index in [4.69, 9.17) is 4.74 Å². The highest BCUT2D eigenvalue weighted by molar-refractivity contribution is 5.30. The van der Waals surface area contributed by atoms with Crippen molar-refractivity contribution in [1.29, 1.82) is 0 Å². The van der Waals surface area contributed by atoms with Crippen molar-refractivity contribution in [3.63, 3.8) is 0 Å². The van der Waals surface area contributed by atoms with E-state index < -0.39 is 6.10 Å². The normalized spacial score (nSPS) is 19.6. The molecule has 1 aliphatic carbocycles. The summed E-state index contributed by atoms with van der Waals surface area (Å²) in [6.07, 6.45) is 6.90. The van der Waals surface area contributed by atoms with E-state index in [-0.39, 0.29) is 6.04 Å². The second-order valence-electron chi connectivity index (χ2n) is 5.74. The maximum atomic E-state index is 10.6. The molecule has 0 bridgehead atoms. The van der Waals surface area contributed by atoms with Crippen molar-refractivity contribution in [2.45, 2.75) is 63.6 Å². The zero-order valence-corrected chi connectivity index (χ0v) is 12.6. The molecule has 1 aromatic carbocycles. The van der Waals surface area contributed by atoms with Gasteiger partial charge in [-0.25, -0.2) is 0 Å². The van der Waals surface area contributed by atoms with Gasteiger partial charge >= 0.3 is 0 Å². The summed E-state index contributed by atoms with van der Waals surface area (Å²) in [6.45, 7) is 2.13. The predicted molar refractivity (Wildman–Crippen MR) is 82.0 cm³/mol. The fraction of sp³-hybridized carbons (Fsp3) is 0.647. The van der Waals surface area contributed by atoms with Crippen LogP contribution in [0.5, 0.6) is 5.75 Å². The van der Waals surface area contributed by atoms with E-state index in [0.717, 1.165) is 17.7 Å². The molecule has 1 fully saturated rings. The number of nitrogens with one attached hydrogen (secondary N) is 1. The lowest BCUT2D eigenvalue weighted by molar-refractivity contribution is 0.114. The van der Waals surface area contributed by atoms with Crippen LogP contribution >= 0.6 is 0 Å². The number of hydrogen-bond acceptors (Lipinski definition) is 3. The zero-order valence-electron chi connectivity index (χ0n) is 12.6. The third-order valence-electron chi connectivity index (χ3n) is 4.31. The van der Waals surface area contributed by atoms with Crippen LogP contribution in [0.15, 0.2) is 24.3 Å². The average molecular weight is 277 g/mol. The Labute approximate surface area is 122 Å². The molecular weight excluding hydrogens is 250 g/mol. The van der Waals surface area contributed by atoms with E-state index in [9.17, 15) is 5.11 Å². The molecule has 1 saturated carbocycles. The van der Waals surface area contributed by atoms with E-state index in [1.54, 1.807) is 7.11 Å². The highest BCUT2D eigenvalue weighted by atomic mass is 16.5. The molecule has 1 aromatic rings. The Morgan fingerprint density at radius 2 is 2.05 bits per heavy atom. The Balaban J connectivity index is 2.01. The first kappa shape index (κ1) is 15.3. The number of aliphatic hydroxyl groups is 1. The predicted octanol–water partition coefficient (Wildman–Crippen LogP) is 3.43. The smallest absolute Gasteiger partial charge is 0.119 e. The Morgan fingerprint density at radius 1 is 1.30 bits per heavy atom. The first-order chi connectivity index (χ1) is 9.74. The zero-order chi connectivity index (χ0) is 14.4. The van der Waals surface area contributed by atoms with Crippen LogP contribution in [0.3, 0.4) is 0 Å². The van der Waals surface area contributed by atoms with E-state index in [1.807, 2.05) is 24.3 Å². The molecule has 3 heteroatoms. The van der Waals surface area contributed by atoms with Crippen LogP contribution in [0, 0.1) is 0 Å². The summed E-state index contributed by atoms with van der Waals surface area (Å²) >= 11 is 0. The number of hydrogen-bond donors (Lipinski definition) is 2. The molecule has 0 amide bonds. The van der Waals surface area contributed by atoms with Crippen LogP contribution in [0.4, 0.5) is 0 Å². The lowest BCUT2D eigenvalue weighted by atomic mass is 9.92. The topological polar surface area (TPSA) is 41.5 Å². The maximum absolute atomic E-state index is 10.6. The van der Waals surface area contributed by atoms with Crippen molar-refractivity contribution < 1.29 is 9.84 Å². The van der Waals surface area contributed by atoms with Gasteiger partial charge in [-0.1, -0.05) is 38.3 Å². The van der Waals surface area contributed by atoms with E-state index in [1.165, 1.54) is 32.1 Å². The molecule has 2 atom stereocenters. The first-order valence-corrected chi connectivity index (χ1v) is 7.82. The van der Waals surface area contributed by atoms with Crippen LogP contribution in [0.2, 0.25) is 0 Å². The quantitative estimate of drug-likeness (QED) is 0.837. The highest BCUT2D eigenvalue weighted by Crippen LogP contribution is 2.25. The third-order valence-corrected chi connectivity index (χ3v) is 4.31. The van der Waals surface area contributed by atoms with Crippen molar-refractivity contribution in [3.05, 3.63) is 29.8 Å². The van der Waals surface area contributed by atoms with Crippen LogP contribution in [0.1, 0.15) is 57.1 Å². The van der Waals surface area contributed by atoms with Gasteiger partial charge in [0.15, 0.2) is 0 Å². The van der Waals surface area contributed by atoms with Crippen molar-refractivity contribution in [2.24, 2.45) is 0 Å². The average Bonchev–Trinajstić information content (AvgIpc) is 2.53. The fourth-order valence-corrected chi connectivity index (χ4v) is 3.06. The molecule has 2 N–H and O–H groups in total.